The van der Waals surface area contributed by atoms with E-state index in [0.717, 1.165) is 17.2 Å². The predicted octanol–water partition coefficient (Wildman–Crippen LogP) is 1.13. The quantitative estimate of drug-likeness (QED) is 0.352. The van der Waals surface area contributed by atoms with Crippen molar-refractivity contribution in [3.05, 3.63) is 33.1 Å². The van der Waals surface area contributed by atoms with Crippen LogP contribution < -0.4 is 0 Å². The Hall–Kier alpha value is -2.71. The van der Waals surface area contributed by atoms with Crippen molar-refractivity contribution in [2.24, 2.45) is 0 Å². The zero-order valence-electron chi connectivity index (χ0n) is 9.41. The van der Waals surface area contributed by atoms with E-state index in [1.165, 1.54) is 0 Å². The Bertz CT molecular complexity index is 588. The van der Waals surface area contributed by atoms with Crippen LogP contribution in [-0.2, 0) is 0 Å². The van der Waals surface area contributed by atoms with E-state index in [4.69, 9.17) is 22.1 Å². The summed E-state index contributed by atoms with van der Waals surface area (Å²) in [5.41, 5.74) is -0.953. The molecular formula is C10H6ClN5O3. The Morgan fingerprint density at radius 2 is 2.05 bits per heavy atom. The molecule has 0 spiro atoms. The van der Waals surface area contributed by atoms with Crippen molar-refractivity contribution in [3.63, 3.8) is 0 Å². The van der Waals surface area contributed by atoms with Crippen molar-refractivity contribution in [3.8, 4) is 12.1 Å². The fourth-order valence-corrected chi connectivity index (χ4v) is 1.54. The summed E-state index contributed by atoms with van der Waals surface area (Å²) in [6.45, 7) is -0.715. The zero-order chi connectivity index (χ0) is 14.4. The Morgan fingerprint density at radius 1 is 1.47 bits per heavy atom. The molecule has 0 saturated heterocycles. The monoisotopic (exact) mass is 279 g/mol. The van der Waals surface area contributed by atoms with Gasteiger partial charge in [-0.25, -0.2) is 4.98 Å². The molecule has 0 saturated carbocycles. The topological polar surface area (TPSA) is 124 Å². The summed E-state index contributed by atoms with van der Waals surface area (Å²) < 4.78 is 0. The van der Waals surface area contributed by atoms with E-state index in [1.807, 2.05) is 0 Å². The molecule has 1 aromatic heterocycles. The van der Waals surface area contributed by atoms with E-state index in [1.54, 1.807) is 12.1 Å². The molecule has 0 bridgehead atoms. The van der Waals surface area contributed by atoms with Crippen molar-refractivity contribution in [2.75, 3.05) is 13.1 Å². The first-order valence-electron chi connectivity index (χ1n) is 4.85. The van der Waals surface area contributed by atoms with Gasteiger partial charge in [0.15, 0.2) is 0 Å². The van der Waals surface area contributed by atoms with Crippen LogP contribution in [0.3, 0.4) is 0 Å². The summed E-state index contributed by atoms with van der Waals surface area (Å²) in [4.78, 5) is 26.5. The first-order chi connectivity index (χ1) is 9.02. The molecule has 0 aliphatic carbocycles. The van der Waals surface area contributed by atoms with Crippen LogP contribution in [0.15, 0.2) is 12.3 Å². The molecule has 19 heavy (non-hydrogen) atoms. The second-order valence-electron chi connectivity index (χ2n) is 3.23. The Morgan fingerprint density at radius 3 is 2.53 bits per heavy atom. The third-order valence-corrected chi connectivity index (χ3v) is 2.38. The normalized spacial score (nSPS) is 9.21. The van der Waals surface area contributed by atoms with Crippen molar-refractivity contribution < 1.29 is 9.72 Å². The summed E-state index contributed by atoms with van der Waals surface area (Å²) in [5, 5.41) is 27.6. The second kappa shape index (κ2) is 6.28. The average Bonchev–Trinajstić information content (AvgIpc) is 2.37. The number of halogens is 1. The summed E-state index contributed by atoms with van der Waals surface area (Å²) >= 11 is 5.57. The predicted molar refractivity (Wildman–Crippen MR) is 63.0 cm³/mol. The first-order valence-corrected chi connectivity index (χ1v) is 5.22. The summed E-state index contributed by atoms with van der Waals surface area (Å²) in [7, 11) is 0. The molecule has 96 valence electrons. The standard InChI is InChI=1S/C10H6ClN5O3/c11-9-8(16(18)19)7(1-4-14-9)10(17)15(5-2-12)6-3-13/h1,4H,5-6H2. The van der Waals surface area contributed by atoms with Crippen LogP contribution in [0.1, 0.15) is 10.4 Å². The van der Waals surface area contributed by atoms with Crippen molar-refractivity contribution >= 4 is 23.2 Å². The van der Waals surface area contributed by atoms with Crippen LogP contribution in [0.5, 0.6) is 0 Å². The maximum atomic E-state index is 12.0. The molecule has 9 heteroatoms. The van der Waals surface area contributed by atoms with Crippen LogP contribution in [0.25, 0.3) is 0 Å². The van der Waals surface area contributed by atoms with Crippen molar-refractivity contribution in [2.45, 2.75) is 0 Å². The Balaban J connectivity index is 3.26. The van der Waals surface area contributed by atoms with Crippen LogP contribution in [0.4, 0.5) is 5.69 Å². The first kappa shape index (κ1) is 14.4. The third kappa shape index (κ3) is 3.15. The Kier molecular flexibility index (Phi) is 4.75. The van der Waals surface area contributed by atoms with E-state index in [0.29, 0.717) is 0 Å². The zero-order valence-corrected chi connectivity index (χ0v) is 10.2. The molecule has 0 aromatic carbocycles. The molecule has 0 aliphatic heterocycles. The number of rotatable bonds is 4. The van der Waals surface area contributed by atoms with E-state index in [9.17, 15) is 14.9 Å². The molecule has 0 atom stereocenters. The fraction of sp³-hybridized carbons (Fsp3) is 0.200. The fourth-order valence-electron chi connectivity index (χ4n) is 1.32. The molecule has 1 heterocycles. The molecule has 0 aliphatic rings. The van der Waals surface area contributed by atoms with Gasteiger partial charge in [-0.2, -0.15) is 10.5 Å². The van der Waals surface area contributed by atoms with E-state index in [2.05, 4.69) is 4.98 Å². The van der Waals surface area contributed by atoms with E-state index < -0.39 is 21.7 Å². The van der Waals surface area contributed by atoms with Crippen LogP contribution >= 0.6 is 11.6 Å². The number of nitrogens with zero attached hydrogens (tertiary/aromatic N) is 5. The minimum Gasteiger partial charge on any atom is -0.312 e. The van der Waals surface area contributed by atoms with Gasteiger partial charge in [-0.3, -0.25) is 14.9 Å². The smallest absolute Gasteiger partial charge is 0.312 e. The average molecular weight is 280 g/mol. The van der Waals surface area contributed by atoms with Gasteiger partial charge in [0.25, 0.3) is 5.91 Å². The number of aromatic nitrogens is 1. The highest BCUT2D eigenvalue weighted by Crippen LogP contribution is 2.26. The van der Waals surface area contributed by atoms with Crippen LogP contribution in [0.2, 0.25) is 5.15 Å². The number of pyridine rings is 1. The van der Waals surface area contributed by atoms with Gasteiger partial charge >= 0.3 is 5.69 Å². The molecule has 0 N–H and O–H groups in total. The van der Waals surface area contributed by atoms with E-state index >= 15 is 0 Å². The summed E-state index contributed by atoms with van der Waals surface area (Å²) in [6, 6.07) is 4.52. The number of carbonyl (C=O) groups excluding carboxylic acids is 1. The second-order valence-corrected chi connectivity index (χ2v) is 3.59. The van der Waals surface area contributed by atoms with Gasteiger partial charge in [0.2, 0.25) is 5.15 Å². The Labute approximate surface area is 112 Å². The minimum absolute atomic E-state index is 0.310. The molecule has 1 rings (SSSR count). The van der Waals surface area contributed by atoms with Gasteiger partial charge in [-0.15, -0.1) is 0 Å². The van der Waals surface area contributed by atoms with Gasteiger partial charge in [-0.05, 0) is 6.07 Å². The summed E-state index contributed by atoms with van der Waals surface area (Å²) in [6.07, 6.45) is 1.14. The van der Waals surface area contributed by atoms with Gasteiger partial charge in [0.1, 0.15) is 18.7 Å². The third-order valence-electron chi connectivity index (χ3n) is 2.10. The highest BCUT2D eigenvalue weighted by molar-refractivity contribution is 6.32. The van der Waals surface area contributed by atoms with Crippen LogP contribution in [0, 0.1) is 32.8 Å². The maximum absolute atomic E-state index is 12.0. The van der Waals surface area contributed by atoms with E-state index in [-0.39, 0.29) is 18.7 Å². The van der Waals surface area contributed by atoms with Crippen molar-refractivity contribution in [1.29, 1.82) is 10.5 Å². The number of hydrogen-bond acceptors (Lipinski definition) is 6. The number of hydrogen-bond donors (Lipinski definition) is 0. The molecule has 8 nitrogen and oxygen atoms in total. The molecule has 1 aromatic rings. The molecule has 0 radical (unpaired) electrons. The molecule has 0 fully saturated rings. The number of nitro groups is 1. The SMILES string of the molecule is N#CCN(CC#N)C(=O)c1ccnc(Cl)c1[N+](=O)[O-]. The van der Waals surface area contributed by atoms with Crippen molar-refractivity contribution in [1.82, 2.24) is 9.88 Å². The lowest BCUT2D eigenvalue weighted by atomic mass is 10.2. The molecule has 0 unspecified atom stereocenters. The number of nitriles is 2. The highest BCUT2D eigenvalue weighted by Gasteiger charge is 2.27. The van der Waals surface area contributed by atoms with Gasteiger partial charge in [0.05, 0.1) is 17.1 Å². The lowest BCUT2D eigenvalue weighted by Crippen LogP contribution is -2.32. The number of carbonyl (C=O) groups is 1. The van der Waals surface area contributed by atoms with Gasteiger partial charge < -0.3 is 4.90 Å². The lowest BCUT2D eigenvalue weighted by Gasteiger charge is -2.15. The summed E-state index contributed by atoms with van der Waals surface area (Å²) in [5.74, 6) is -0.820. The molecule has 1 amide bonds. The van der Waals surface area contributed by atoms with Gasteiger partial charge in [-0.1, -0.05) is 11.6 Å². The maximum Gasteiger partial charge on any atom is 0.319 e. The largest absolute Gasteiger partial charge is 0.319 e. The highest BCUT2D eigenvalue weighted by atomic mass is 35.5. The lowest BCUT2D eigenvalue weighted by molar-refractivity contribution is -0.385. The van der Waals surface area contributed by atoms with Gasteiger partial charge in [0, 0.05) is 6.20 Å². The minimum atomic E-state index is -0.834. The van der Waals surface area contributed by atoms with Crippen LogP contribution in [-0.4, -0.2) is 33.8 Å². The number of amides is 1. The molecular weight excluding hydrogens is 274 g/mol.